The summed E-state index contributed by atoms with van der Waals surface area (Å²) in [6, 6.07) is 21.0. The number of nitrogens with one attached hydrogen (secondary N) is 2. The van der Waals surface area contributed by atoms with Crippen molar-refractivity contribution in [2.24, 2.45) is 11.8 Å². The summed E-state index contributed by atoms with van der Waals surface area (Å²) < 4.78 is 38.8. The van der Waals surface area contributed by atoms with Crippen molar-refractivity contribution in [3.63, 3.8) is 0 Å². The van der Waals surface area contributed by atoms with Crippen LogP contribution in [0.4, 0.5) is 0 Å². The molecule has 6 atom stereocenters. The van der Waals surface area contributed by atoms with Gasteiger partial charge in [-0.25, -0.2) is 0 Å². The second-order valence-corrected chi connectivity index (χ2v) is 16.7. The van der Waals surface area contributed by atoms with Crippen LogP contribution in [0.1, 0.15) is 123 Å². The molecule has 2 N–H and O–H groups in total. The molecule has 5 aliphatic rings. The molecule has 5 fully saturated rings. The van der Waals surface area contributed by atoms with Crippen LogP contribution in [0, 0.1) is 11.8 Å². The minimum Gasteiger partial charge on any atom is -0.850 e. The molecular formula is C46H71N2NaO10. The van der Waals surface area contributed by atoms with E-state index in [4.69, 9.17) is 33.2 Å². The predicted molar refractivity (Wildman–Crippen MR) is 221 cm³/mol. The normalized spacial score (nSPS) is 25.1. The van der Waals surface area contributed by atoms with Crippen molar-refractivity contribution in [3.05, 3.63) is 71.8 Å². The Balaban J connectivity index is 0.000000252. The van der Waals surface area contributed by atoms with E-state index in [0.717, 1.165) is 38.9 Å². The third-order valence-electron chi connectivity index (χ3n) is 10.9. The molecular weight excluding hydrogens is 763 g/mol. The quantitative estimate of drug-likeness (QED) is 0.267. The van der Waals surface area contributed by atoms with Crippen LogP contribution in [0.25, 0.3) is 0 Å². The average molecular weight is 835 g/mol. The van der Waals surface area contributed by atoms with Crippen molar-refractivity contribution in [2.45, 2.75) is 141 Å². The first kappa shape index (κ1) is 51.4. The number of hydrogen-bond acceptors (Lipinski definition) is 12. The van der Waals surface area contributed by atoms with Crippen LogP contribution in [-0.2, 0) is 42.7 Å². The smallest absolute Gasteiger partial charge is 0.850 e. The zero-order valence-corrected chi connectivity index (χ0v) is 39.1. The van der Waals surface area contributed by atoms with Crippen molar-refractivity contribution in [3.8, 4) is 0 Å². The van der Waals surface area contributed by atoms with Gasteiger partial charge in [-0.3, -0.25) is 9.59 Å². The predicted octanol–water partition coefficient (Wildman–Crippen LogP) is 3.57. The Kier molecular flexibility index (Phi) is 22.5. The second-order valence-electron chi connectivity index (χ2n) is 16.7. The van der Waals surface area contributed by atoms with Crippen LogP contribution in [0.15, 0.2) is 60.7 Å². The van der Waals surface area contributed by atoms with Gasteiger partial charge < -0.3 is 48.9 Å². The number of ether oxygens (including phenoxy) is 7. The van der Waals surface area contributed by atoms with E-state index in [-0.39, 0.29) is 77.5 Å². The first-order valence-corrected chi connectivity index (χ1v) is 21.6. The third kappa shape index (κ3) is 17.4. The number of carbonyl (C=O) groups excluding carboxylic acids is 2. The van der Waals surface area contributed by atoms with Crippen molar-refractivity contribution in [1.82, 2.24) is 10.6 Å². The van der Waals surface area contributed by atoms with Gasteiger partial charge in [0.1, 0.15) is 0 Å². The summed E-state index contributed by atoms with van der Waals surface area (Å²) in [5.41, 5.74) is 1.68. The summed E-state index contributed by atoms with van der Waals surface area (Å²) in [6.07, 6.45) is 6.96. The summed E-state index contributed by atoms with van der Waals surface area (Å²) >= 11 is 0. The Labute approximate surface area is 375 Å². The van der Waals surface area contributed by atoms with Crippen molar-refractivity contribution >= 4 is 11.9 Å². The number of rotatable bonds is 10. The van der Waals surface area contributed by atoms with Crippen LogP contribution in [-0.4, -0.2) is 94.1 Å². The van der Waals surface area contributed by atoms with Crippen LogP contribution >= 0.6 is 0 Å². The minimum absolute atomic E-state index is 0. The molecule has 2 aromatic carbocycles. The molecule has 0 radical (unpaired) electrons. The summed E-state index contributed by atoms with van der Waals surface area (Å²) in [5.74, 6) is -2.00. The van der Waals surface area contributed by atoms with E-state index in [1.807, 2.05) is 50.2 Å². The first-order chi connectivity index (χ1) is 27.8. The molecule has 0 amide bonds. The molecule has 326 valence electrons. The molecule has 2 aliphatic carbocycles. The molecule has 2 saturated carbocycles. The zero-order chi connectivity index (χ0) is 42.0. The molecule has 3 aliphatic heterocycles. The molecule has 0 aromatic heterocycles. The fourth-order valence-corrected chi connectivity index (χ4v) is 8.05. The largest absolute Gasteiger partial charge is 1.00 e. The van der Waals surface area contributed by atoms with Crippen LogP contribution in [0.2, 0.25) is 0 Å². The van der Waals surface area contributed by atoms with Crippen molar-refractivity contribution < 1.29 is 77.4 Å². The average Bonchev–Trinajstić information content (AvgIpc) is 4.03. The number of carbonyl (C=O) groups is 2. The Morgan fingerprint density at radius 1 is 0.678 bits per heavy atom. The summed E-state index contributed by atoms with van der Waals surface area (Å²) in [6.45, 7) is 18.0. The van der Waals surface area contributed by atoms with Gasteiger partial charge in [0.05, 0.1) is 51.5 Å². The van der Waals surface area contributed by atoms with E-state index in [1.54, 1.807) is 20.8 Å². The van der Waals surface area contributed by atoms with Gasteiger partial charge in [0.15, 0.2) is 11.6 Å². The molecule has 13 heteroatoms. The van der Waals surface area contributed by atoms with Gasteiger partial charge in [0.25, 0.3) is 0 Å². The van der Waals surface area contributed by atoms with Gasteiger partial charge in [0.2, 0.25) is 0 Å². The fraction of sp³-hybridized carbons (Fsp3) is 0.696. The molecule has 3 saturated heterocycles. The molecule has 1 unspecified atom stereocenters. The van der Waals surface area contributed by atoms with Crippen LogP contribution in [0.3, 0.4) is 0 Å². The van der Waals surface area contributed by atoms with E-state index in [2.05, 4.69) is 48.7 Å². The molecule has 3 heterocycles. The molecule has 0 bridgehead atoms. The molecule has 2 spiro atoms. The summed E-state index contributed by atoms with van der Waals surface area (Å²) in [5, 5.41) is 17.3. The third-order valence-corrected chi connectivity index (χ3v) is 10.9. The number of esters is 2. The van der Waals surface area contributed by atoms with Gasteiger partial charge in [-0.1, -0.05) is 81.4 Å². The van der Waals surface area contributed by atoms with Crippen LogP contribution in [0.5, 0.6) is 0 Å². The van der Waals surface area contributed by atoms with E-state index in [1.165, 1.54) is 24.0 Å². The van der Waals surface area contributed by atoms with Gasteiger partial charge in [-0.2, -0.15) is 0 Å². The maximum atomic E-state index is 12.5. The fourth-order valence-electron chi connectivity index (χ4n) is 8.05. The van der Waals surface area contributed by atoms with E-state index in [9.17, 15) is 14.7 Å². The maximum absolute atomic E-state index is 12.5. The van der Waals surface area contributed by atoms with Gasteiger partial charge >= 0.3 is 41.5 Å². The van der Waals surface area contributed by atoms with E-state index < -0.39 is 17.2 Å². The molecule has 12 nitrogen and oxygen atoms in total. The van der Waals surface area contributed by atoms with Gasteiger partial charge in [-0.15, -0.1) is 5.60 Å². The van der Waals surface area contributed by atoms with Crippen molar-refractivity contribution in [1.29, 1.82) is 0 Å². The molecule has 59 heavy (non-hydrogen) atoms. The Morgan fingerprint density at radius 3 is 1.31 bits per heavy atom. The van der Waals surface area contributed by atoms with Crippen molar-refractivity contribution in [2.75, 3.05) is 52.9 Å². The second kappa shape index (κ2) is 25.9. The first-order valence-electron chi connectivity index (χ1n) is 21.6. The number of hydrogen-bond donors (Lipinski definition) is 2. The Morgan fingerprint density at radius 2 is 1.02 bits per heavy atom. The van der Waals surface area contributed by atoms with Crippen LogP contribution < -0.4 is 45.3 Å². The summed E-state index contributed by atoms with van der Waals surface area (Å²) in [4.78, 5) is 25.0. The SMILES string of the molecule is C1CCOC1.CC(C)(C)[O-].CCOC(=O)C1CC2(CC[C@H]1N[C@H](C)c1ccccc1)OCCO2.CCOC(=O)[C@@H]1CC2(CC[C@H]1N[C@H](C)c1ccccc1)OCCO2.[Na+]. The maximum Gasteiger partial charge on any atom is 1.00 e. The summed E-state index contributed by atoms with van der Waals surface area (Å²) in [7, 11) is 0. The standard InChI is InChI=1S/2C19H27NO4.C4H8O.C4H9O.Na/c2*1-3-22-18(21)16-13-19(23-11-12-24-19)10-9-17(16)20-14(2)15-7-5-4-6-8-15;1-2-4-5-3-1;1-4(2,3)5;/h2*4-8,14,16-17,20H,3,9-13H2,1-2H3;1-4H2;1-3H3;/q;;;-1;+1/t14-,16?,17-;14-,16-,17-;;;/m11.../s1. The molecule has 7 rings (SSSR count). The van der Waals surface area contributed by atoms with Gasteiger partial charge in [0, 0.05) is 63.1 Å². The Hall–Kier alpha value is -1.94. The van der Waals surface area contributed by atoms with E-state index >= 15 is 0 Å². The monoisotopic (exact) mass is 835 g/mol. The zero-order valence-electron chi connectivity index (χ0n) is 37.1. The van der Waals surface area contributed by atoms with E-state index in [0.29, 0.717) is 52.5 Å². The van der Waals surface area contributed by atoms with Gasteiger partial charge in [-0.05, 0) is 64.5 Å². The Bertz CT molecular complexity index is 1350. The molecule has 2 aromatic rings. The topological polar surface area (TPSA) is 146 Å². The number of benzene rings is 2. The minimum atomic E-state index is -0.750.